The van der Waals surface area contributed by atoms with Crippen LogP contribution in [0.2, 0.25) is 0 Å². The molecule has 182 valence electrons. The van der Waals surface area contributed by atoms with Crippen molar-refractivity contribution < 1.29 is 23.8 Å². The summed E-state index contributed by atoms with van der Waals surface area (Å²) >= 11 is 0. The Balaban J connectivity index is 1.65. The number of rotatable bonds is 10. The van der Waals surface area contributed by atoms with Crippen LogP contribution < -0.4 is 15.4 Å². The van der Waals surface area contributed by atoms with E-state index in [4.69, 9.17) is 14.6 Å². The van der Waals surface area contributed by atoms with Gasteiger partial charge in [0.25, 0.3) is 5.91 Å². The number of aliphatic hydroxyl groups is 1. The van der Waals surface area contributed by atoms with Crippen molar-refractivity contribution in [3.05, 3.63) is 48.7 Å². The number of hydrogen-bond acceptors (Lipinski definition) is 8. The third-order valence-corrected chi connectivity index (χ3v) is 4.99. The number of nitrogens with one attached hydrogen (secondary N) is 3. The monoisotopic (exact) mass is 469 g/mol. The molecule has 0 saturated heterocycles. The predicted octanol–water partition coefficient (Wildman–Crippen LogP) is 2.32. The molecule has 0 aliphatic carbocycles. The van der Waals surface area contributed by atoms with Crippen molar-refractivity contribution in [1.29, 1.82) is 5.41 Å². The Morgan fingerprint density at radius 1 is 1.41 bits per heavy atom. The van der Waals surface area contributed by atoms with Crippen molar-refractivity contribution in [2.24, 2.45) is 5.92 Å². The van der Waals surface area contributed by atoms with Gasteiger partial charge in [0.1, 0.15) is 17.6 Å². The first-order valence-electron chi connectivity index (χ1n) is 11.1. The molecule has 10 heteroatoms. The molecule has 0 unspecified atom stereocenters. The highest BCUT2D eigenvalue weighted by atomic mass is 16.5. The normalized spacial score (nSPS) is 15.2. The molecule has 1 atom stereocenters. The van der Waals surface area contributed by atoms with Crippen LogP contribution in [-0.4, -0.2) is 57.4 Å². The summed E-state index contributed by atoms with van der Waals surface area (Å²) < 4.78 is 11.2. The van der Waals surface area contributed by atoms with Crippen molar-refractivity contribution in [1.82, 2.24) is 20.5 Å². The minimum absolute atomic E-state index is 0.119. The van der Waals surface area contributed by atoms with Gasteiger partial charge < -0.3 is 29.8 Å². The lowest BCUT2D eigenvalue weighted by Crippen LogP contribution is -2.49. The van der Waals surface area contributed by atoms with Crippen molar-refractivity contribution in [2.45, 2.75) is 45.8 Å². The smallest absolute Gasteiger partial charge is 0.251 e. The van der Waals surface area contributed by atoms with E-state index in [0.29, 0.717) is 35.6 Å². The molecule has 10 nitrogen and oxygen atoms in total. The number of aromatic nitrogens is 1. The molecule has 1 aliphatic heterocycles. The van der Waals surface area contributed by atoms with E-state index in [0.717, 1.165) is 0 Å². The van der Waals surface area contributed by atoms with Crippen molar-refractivity contribution in [3.63, 3.8) is 0 Å². The Morgan fingerprint density at radius 3 is 2.88 bits per heavy atom. The minimum atomic E-state index is -0.903. The maximum atomic E-state index is 13.0. The number of nitrogens with zero attached hydrogens (tertiary/aromatic N) is 2. The molecule has 0 saturated carbocycles. The van der Waals surface area contributed by atoms with Crippen molar-refractivity contribution in [2.75, 3.05) is 13.1 Å². The molecule has 0 bridgehead atoms. The summed E-state index contributed by atoms with van der Waals surface area (Å²) in [5, 5.41) is 23.1. The van der Waals surface area contributed by atoms with E-state index in [2.05, 4.69) is 15.6 Å². The number of oxazole rings is 1. The van der Waals surface area contributed by atoms with Gasteiger partial charge in [-0.15, -0.1) is 0 Å². The van der Waals surface area contributed by atoms with Crippen LogP contribution >= 0.6 is 0 Å². The fourth-order valence-corrected chi connectivity index (χ4v) is 3.45. The summed E-state index contributed by atoms with van der Waals surface area (Å²) in [6.45, 7) is 7.64. The average Bonchev–Trinajstić information content (AvgIpc) is 3.35. The van der Waals surface area contributed by atoms with E-state index >= 15 is 0 Å². The third-order valence-electron chi connectivity index (χ3n) is 4.99. The van der Waals surface area contributed by atoms with Gasteiger partial charge in [0.05, 0.1) is 12.1 Å². The molecule has 0 fully saturated rings. The van der Waals surface area contributed by atoms with Gasteiger partial charge in [-0.3, -0.25) is 15.0 Å². The van der Waals surface area contributed by atoms with Gasteiger partial charge in [0.15, 0.2) is 23.2 Å². The molecule has 2 aromatic rings. The zero-order chi connectivity index (χ0) is 24.9. The molecule has 1 aromatic heterocycles. The second-order valence-corrected chi connectivity index (χ2v) is 9.21. The molecule has 0 radical (unpaired) electrons. The van der Waals surface area contributed by atoms with E-state index in [1.807, 2.05) is 13.8 Å². The number of carbonyl (C=O) groups excluding carboxylic acids is 2. The van der Waals surface area contributed by atoms with Crippen LogP contribution in [-0.2, 0) is 9.59 Å². The number of carbonyl (C=O) groups is 2. The molecule has 34 heavy (non-hydrogen) atoms. The van der Waals surface area contributed by atoms with E-state index in [1.54, 1.807) is 32.0 Å². The van der Waals surface area contributed by atoms with Crippen molar-refractivity contribution >= 4 is 28.7 Å². The summed E-state index contributed by atoms with van der Waals surface area (Å²) in [7, 11) is 0. The van der Waals surface area contributed by atoms with Gasteiger partial charge in [-0.05, 0) is 44.4 Å². The zero-order valence-corrected chi connectivity index (χ0v) is 19.8. The maximum absolute atomic E-state index is 13.0. The maximum Gasteiger partial charge on any atom is 0.251 e. The second kappa shape index (κ2) is 10.5. The van der Waals surface area contributed by atoms with Gasteiger partial charge in [0.2, 0.25) is 5.91 Å². The van der Waals surface area contributed by atoms with Gasteiger partial charge in [-0.25, -0.2) is 4.98 Å². The van der Waals surface area contributed by atoms with Crippen LogP contribution in [0.5, 0.6) is 5.75 Å². The standard InChI is InChI=1S/C24H31N5O5/c1-15(2)10-17(23(31)28-20(25)8-9-26-13-24(3,4)32)29-12-16(11-21(29)30)34-19-7-5-6-18-22(19)27-14-33-18/h5-9,11,14-15,17,26,32H,10,12-13H2,1-4H3,(H2,25,28,31)/b9-8-/t17-/m0/s1. The van der Waals surface area contributed by atoms with Crippen LogP contribution in [0, 0.1) is 11.3 Å². The number of amidine groups is 1. The van der Waals surface area contributed by atoms with E-state index in [-0.39, 0.29) is 24.2 Å². The van der Waals surface area contributed by atoms with Crippen molar-refractivity contribution in [3.8, 4) is 5.75 Å². The number of ether oxygens (including phenoxy) is 1. The lowest BCUT2D eigenvalue weighted by atomic mass is 10.0. The largest absolute Gasteiger partial charge is 0.457 e. The summed E-state index contributed by atoms with van der Waals surface area (Å²) in [4.78, 5) is 31.3. The predicted molar refractivity (Wildman–Crippen MR) is 127 cm³/mol. The van der Waals surface area contributed by atoms with Gasteiger partial charge in [0, 0.05) is 18.8 Å². The van der Waals surface area contributed by atoms with Gasteiger partial charge in [-0.1, -0.05) is 19.9 Å². The fraction of sp³-hybridized carbons (Fsp3) is 0.417. The highest BCUT2D eigenvalue weighted by Gasteiger charge is 2.35. The Hall–Kier alpha value is -3.66. The van der Waals surface area contributed by atoms with Crippen LogP contribution in [0.25, 0.3) is 11.1 Å². The first kappa shape index (κ1) is 25.0. The summed E-state index contributed by atoms with van der Waals surface area (Å²) in [6.07, 6.45) is 5.98. The zero-order valence-electron chi connectivity index (χ0n) is 19.8. The minimum Gasteiger partial charge on any atom is -0.457 e. The molecule has 3 rings (SSSR count). The fourth-order valence-electron chi connectivity index (χ4n) is 3.45. The lowest BCUT2D eigenvalue weighted by Gasteiger charge is -2.28. The quantitative estimate of drug-likeness (QED) is 0.309. The number of para-hydroxylation sites is 1. The molecule has 4 N–H and O–H groups in total. The second-order valence-electron chi connectivity index (χ2n) is 9.21. The van der Waals surface area contributed by atoms with Crippen LogP contribution in [0.4, 0.5) is 0 Å². The van der Waals surface area contributed by atoms with Gasteiger partial charge >= 0.3 is 0 Å². The Labute approximate surface area is 198 Å². The number of hydrogen-bond donors (Lipinski definition) is 4. The van der Waals surface area contributed by atoms with E-state index < -0.39 is 17.6 Å². The molecule has 1 aromatic carbocycles. The molecular formula is C24H31N5O5. The number of fused-ring (bicyclic) bond motifs is 1. The van der Waals surface area contributed by atoms with Gasteiger partial charge in [-0.2, -0.15) is 0 Å². The first-order valence-corrected chi connectivity index (χ1v) is 11.1. The highest BCUT2D eigenvalue weighted by Crippen LogP contribution is 2.28. The SMILES string of the molecule is CC(C)C[C@@H](C(=O)NC(=N)/C=C\NCC(C)(C)O)N1CC(Oc2cccc3ocnc23)=CC1=O. The number of benzene rings is 1. The Kier molecular flexibility index (Phi) is 7.72. The molecular weight excluding hydrogens is 438 g/mol. The van der Waals surface area contributed by atoms with Crippen LogP contribution in [0.3, 0.4) is 0 Å². The lowest BCUT2D eigenvalue weighted by molar-refractivity contribution is -0.135. The number of amides is 2. The molecule has 1 aliphatic rings. The average molecular weight is 470 g/mol. The molecule has 0 spiro atoms. The molecule has 2 amide bonds. The topological polar surface area (TPSA) is 141 Å². The van der Waals surface area contributed by atoms with Crippen LogP contribution in [0.1, 0.15) is 34.1 Å². The first-order chi connectivity index (χ1) is 16.0. The third kappa shape index (κ3) is 6.67. The Bertz CT molecular complexity index is 1110. The van der Waals surface area contributed by atoms with Crippen LogP contribution in [0.15, 0.2) is 53.1 Å². The Morgan fingerprint density at radius 2 is 2.18 bits per heavy atom. The van der Waals surface area contributed by atoms with E-state index in [9.17, 15) is 14.7 Å². The molecule has 2 heterocycles. The summed E-state index contributed by atoms with van der Waals surface area (Å²) in [6, 6.07) is 4.49. The summed E-state index contributed by atoms with van der Waals surface area (Å²) in [5.74, 6) is 0.0752. The summed E-state index contributed by atoms with van der Waals surface area (Å²) in [5.41, 5.74) is 0.212. The highest BCUT2D eigenvalue weighted by molar-refractivity contribution is 6.05. The van der Waals surface area contributed by atoms with E-state index in [1.165, 1.54) is 29.6 Å².